The molecule has 0 saturated heterocycles. The summed E-state index contributed by atoms with van der Waals surface area (Å²) in [5.74, 6) is 0.387. The number of ether oxygens (including phenoxy) is 1. The van der Waals surface area contributed by atoms with Gasteiger partial charge in [-0.25, -0.2) is 9.78 Å². The van der Waals surface area contributed by atoms with E-state index in [9.17, 15) is 4.79 Å². The summed E-state index contributed by atoms with van der Waals surface area (Å²) >= 11 is 6.93. The van der Waals surface area contributed by atoms with E-state index in [0.29, 0.717) is 16.5 Å². The van der Waals surface area contributed by atoms with Crippen LogP contribution in [-0.4, -0.2) is 23.2 Å². The Morgan fingerprint density at radius 1 is 1.39 bits per heavy atom. The van der Waals surface area contributed by atoms with Crippen molar-refractivity contribution in [1.82, 2.24) is 4.98 Å². The van der Waals surface area contributed by atoms with Crippen LogP contribution in [0.25, 0.3) is 0 Å². The van der Waals surface area contributed by atoms with Gasteiger partial charge in [-0.1, -0.05) is 6.07 Å². The molecular weight excluding hydrogens is 330 g/mol. The fraction of sp³-hybridized carbons (Fsp3) is 0.312. The van der Waals surface area contributed by atoms with E-state index in [1.54, 1.807) is 17.5 Å². The number of fused-ring (bicyclic) bond motifs is 1. The molecule has 2 N–H and O–H groups in total. The summed E-state index contributed by atoms with van der Waals surface area (Å²) in [7, 11) is 1.40. The molecule has 0 aromatic carbocycles. The molecule has 2 aromatic rings. The first-order valence-electron chi connectivity index (χ1n) is 7.32. The van der Waals surface area contributed by atoms with Crippen molar-refractivity contribution in [2.75, 3.05) is 17.7 Å². The molecule has 3 rings (SSSR count). The van der Waals surface area contributed by atoms with Gasteiger partial charge in [-0.2, -0.15) is 0 Å². The number of carbonyl (C=O) groups is 1. The molecule has 2 aromatic heterocycles. The monoisotopic (exact) mass is 347 g/mol. The number of aryl methyl sites for hydroxylation is 2. The molecule has 0 amide bonds. The molecule has 0 saturated carbocycles. The predicted molar refractivity (Wildman–Crippen MR) is 96.5 cm³/mol. The molecule has 5 nitrogen and oxygen atoms in total. The zero-order valence-corrected chi connectivity index (χ0v) is 14.6. The molecule has 2 heterocycles. The zero-order chi connectivity index (χ0) is 16.4. The van der Waals surface area contributed by atoms with Crippen molar-refractivity contribution >= 4 is 45.5 Å². The van der Waals surface area contributed by atoms with Gasteiger partial charge in [-0.15, -0.1) is 11.3 Å². The van der Waals surface area contributed by atoms with Crippen LogP contribution in [-0.2, 0) is 17.6 Å². The van der Waals surface area contributed by atoms with Crippen LogP contribution in [0.5, 0.6) is 0 Å². The first-order chi connectivity index (χ1) is 11.1. The Bertz CT molecular complexity index is 771. The maximum atomic E-state index is 12.1. The van der Waals surface area contributed by atoms with Gasteiger partial charge in [-0.05, 0) is 55.6 Å². The Morgan fingerprint density at radius 3 is 2.96 bits per heavy atom. The molecule has 0 bridgehead atoms. The molecule has 0 unspecified atom stereocenters. The third-order valence-electron chi connectivity index (χ3n) is 3.78. The Labute approximate surface area is 144 Å². The summed E-state index contributed by atoms with van der Waals surface area (Å²) in [5, 5.41) is 7.36. The lowest BCUT2D eigenvalue weighted by Gasteiger charge is -2.11. The van der Waals surface area contributed by atoms with Crippen LogP contribution < -0.4 is 10.6 Å². The van der Waals surface area contributed by atoms with Gasteiger partial charge < -0.3 is 15.4 Å². The molecular formula is C16H17N3O2S2. The Morgan fingerprint density at radius 2 is 2.22 bits per heavy atom. The maximum Gasteiger partial charge on any atom is 0.341 e. The van der Waals surface area contributed by atoms with Gasteiger partial charge in [-0.3, -0.25) is 0 Å². The van der Waals surface area contributed by atoms with Crippen LogP contribution >= 0.6 is 23.6 Å². The first kappa shape index (κ1) is 15.9. The maximum absolute atomic E-state index is 12.1. The highest BCUT2D eigenvalue weighted by atomic mass is 32.1. The normalized spacial score (nSPS) is 12.6. The van der Waals surface area contributed by atoms with Gasteiger partial charge in [0.15, 0.2) is 5.11 Å². The largest absolute Gasteiger partial charge is 0.465 e. The van der Waals surface area contributed by atoms with E-state index in [-0.39, 0.29) is 5.97 Å². The minimum absolute atomic E-state index is 0.316. The average Bonchev–Trinajstić information content (AvgIpc) is 3.09. The van der Waals surface area contributed by atoms with E-state index in [1.165, 1.54) is 12.0 Å². The number of thiophene rings is 1. The smallest absolute Gasteiger partial charge is 0.341 e. The second-order valence-electron chi connectivity index (χ2n) is 5.30. The highest BCUT2D eigenvalue weighted by Gasteiger charge is 2.27. The first-order valence-corrected chi connectivity index (χ1v) is 8.55. The van der Waals surface area contributed by atoms with Crippen LogP contribution in [0.15, 0.2) is 18.3 Å². The quantitative estimate of drug-likeness (QED) is 0.654. The van der Waals surface area contributed by atoms with Crippen molar-refractivity contribution in [3.63, 3.8) is 0 Å². The van der Waals surface area contributed by atoms with E-state index in [0.717, 1.165) is 35.4 Å². The molecule has 120 valence electrons. The van der Waals surface area contributed by atoms with E-state index < -0.39 is 0 Å². The number of aromatic nitrogens is 1. The number of anilines is 2. The topological polar surface area (TPSA) is 63.2 Å². The average molecular weight is 347 g/mol. The van der Waals surface area contributed by atoms with Gasteiger partial charge in [0.1, 0.15) is 10.8 Å². The molecule has 1 aliphatic carbocycles. The van der Waals surface area contributed by atoms with Crippen molar-refractivity contribution < 1.29 is 9.53 Å². The van der Waals surface area contributed by atoms with Crippen molar-refractivity contribution in [2.24, 2.45) is 0 Å². The SMILES string of the molecule is COC(=O)c1c(NC(=S)Nc2ncccc2C)sc2c1CCC2. The van der Waals surface area contributed by atoms with Crippen molar-refractivity contribution in [2.45, 2.75) is 26.2 Å². The zero-order valence-electron chi connectivity index (χ0n) is 12.9. The number of hydrogen-bond acceptors (Lipinski definition) is 5. The Kier molecular flexibility index (Phi) is 4.58. The van der Waals surface area contributed by atoms with Crippen LogP contribution in [0.3, 0.4) is 0 Å². The number of esters is 1. The minimum Gasteiger partial charge on any atom is -0.465 e. The lowest BCUT2D eigenvalue weighted by Crippen LogP contribution is -2.21. The second-order valence-corrected chi connectivity index (χ2v) is 6.81. The van der Waals surface area contributed by atoms with E-state index in [4.69, 9.17) is 17.0 Å². The second kappa shape index (κ2) is 6.64. The predicted octanol–water partition coefficient (Wildman–Crippen LogP) is 3.54. The molecule has 1 aliphatic rings. The van der Waals surface area contributed by atoms with Gasteiger partial charge in [0, 0.05) is 11.1 Å². The summed E-state index contributed by atoms with van der Waals surface area (Å²) in [5.41, 5.74) is 2.71. The van der Waals surface area contributed by atoms with E-state index >= 15 is 0 Å². The van der Waals surface area contributed by atoms with Gasteiger partial charge >= 0.3 is 5.97 Å². The number of hydrogen-bond donors (Lipinski definition) is 2. The van der Waals surface area contributed by atoms with E-state index in [1.807, 2.05) is 19.1 Å². The lowest BCUT2D eigenvalue weighted by atomic mass is 10.1. The number of pyridine rings is 1. The number of carbonyl (C=O) groups excluding carboxylic acids is 1. The third kappa shape index (κ3) is 3.20. The lowest BCUT2D eigenvalue weighted by molar-refractivity contribution is 0.0601. The standard InChI is InChI=1S/C16H17N3O2S2/c1-9-5-4-8-17-13(9)18-16(22)19-14-12(15(20)21-2)10-6-3-7-11(10)23-14/h4-5,8H,3,6-7H2,1-2H3,(H2,17,18,19,22). The molecule has 0 atom stereocenters. The molecule has 0 radical (unpaired) electrons. The minimum atomic E-state index is -0.316. The van der Waals surface area contributed by atoms with Crippen LogP contribution in [0.2, 0.25) is 0 Å². The molecule has 0 fully saturated rings. The Hall–Kier alpha value is -1.99. The highest BCUT2D eigenvalue weighted by Crippen LogP contribution is 2.39. The summed E-state index contributed by atoms with van der Waals surface area (Å²) in [6.07, 6.45) is 4.71. The summed E-state index contributed by atoms with van der Waals surface area (Å²) in [4.78, 5) is 17.6. The molecule has 23 heavy (non-hydrogen) atoms. The summed E-state index contributed by atoms with van der Waals surface area (Å²) in [6.45, 7) is 1.96. The van der Waals surface area contributed by atoms with Crippen LogP contribution in [0.4, 0.5) is 10.8 Å². The number of nitrogens with zero attached hydrogens (tertiary/aromatic N) is 1. The van der Waals surface area contributed by atoms with Gasteiger partial charge in [0.05, 0.1) is 12.7 Å². The van der Waals surface area contributed by atoms with Crippen LogP contribution in [0, 0.1) is 6.92 Å². The summed E-state index contributed by atoms with van der Waals surface area (Å²) < 4.78 is 4.93. The van der Waals surface area contributed by atoms with Crippen molar-refractivity contribution in [3.05, 3.63) is 39.9 Å². The molecule has 0 aliphatic heterocycles. The van der Waals surface area contributed by atoms with Gasteiger partial charge in [0.2, 0.25) is 0 Å². The number of rotatable bonds is 3. The fourth-order valence-electron chi connectivity index (χ4n) is 2.67. The highest BCUT2D eigenvalue weighted by molar-refractivity contribution is 7.80. The number of methoxy groups -OCH3 is 1. The van der Waals surface area contributed by atoms with E-state index in [2.05, 4.69) is 15.6 Å². The van der Waals surface area contributed by atoms with Crippen molar-refractivity contribution in [1.29, 1.82) is 0 Å². The third-order valence-corrected chi connectivity index (χ3v) is 5.19. The molecule has 0 spiro atoms. The molecule has 7 heteroatoms. The number of thiocarbonyl (C=S) groups is 1. The van der Waals surface area contributed by atoms with Crippen LogP contribution in [0.1, 0.15) is 32.8 Å². The van der Waals surface area contributed by atoms with Gasteiger partial charge in [0.25, 0.3) is 0 Å². The fourth-order valence-corrected chi connectivity index (χ4v) is 4.21. The Balaban J connectivity index is 1.82. The summed E-state index contributed by atoms with van der Waals surface area (Å²) in [6, 6.07) is 3.83. The van der Waals surface area contributed by atoms with Crippen molar-refractivity contribution in [3.8, 4) is 0 Å². The number of nitrogens with one attached hydrogen (secondary N) is 2.